The molecule has 1 aliphatic rings. The van der Waals surface area contributed by atoms with Gasteiger partial charge < -0.3 is 5.32 Å². The molecule has 5 nitrogen and oxygen atoms in total. The average Bonchev–Trinajstić information content (AvgIpc) is 2.75. The maximum Gasteiger partial charge on any atom is 0.264 e. The molecule has 4 rings (SSSR count). The SMILES string of the molecule is Cc1ccc(C(=O)Nc2ccc3c(c2)CCCN3S(=O)(=O)c2ccccc2)cc1C. The lowest BCUT2D eigenvalue weighted by Gasteiger charge is -2.31. The van der Waals surface area contributed by atoms with E-state index in [0.717, 1.165) is 29.5 Å². The summed E-state index contributed by atoms with van der Waals surface area (Å²) in [6, 6.07) is 19.5. The quantitative estimate of drug-likeness (QED) is 0.665. The fourth-order valence-corrected chi connectivity index (χ4v) is 5.26. The monoisotopic (exact) mass is 420 g/mol. The number of hydrogen-bond acceptors (Lipinski definition) is 3. The zero-order valence-corrected chi connectivity index (χ0v) is 17.9. The number of nitrogens with zero attached hydrogens (tertiary/aromatic N) is 1. The van der Waals surface area contributed by atoms with E-state index < -0.39 is 10.0 Å². The minimum absolute atomic E-state index is 0.178. The zero-order chi connectivity index (χ0) is 21.3. The number of fused-ring (bicyclic) bond motifs is 1. The first-order chi connectivity index (χ1) is 14.4. The summed E-state index contributed by atoms with van der Waals surface area (Å²) in [4.78, 5) is 12.9. The molecule has 154 valence electrons. The van der Waals surface area contributed by atoms with Crippen LogP contribution in [0.3, 0.4) is 0 Å². The standard InChI is InChI=1S/C24H24N2O3S/c1-17-10-11-20(15-18(17)2)24(27)25-21-12-13-23-19(16-21)7-6-14-26(23)30(28,29)22-8-4-3-5-9-22/h3-5,8-13,15-16H,6-7,14H2,1-2H3,(H,25,27). The van der Waals surface area contributed by atoms with E-state index in [1.807, 2.05) is 38.1 Å². The maximum atomic E-state index is 13.1. The van der Waals surface area contributed by atoms with Crippen molar-refractivity contribution in [1.29, 1.82) is 0 Å². The van der Waals surface area contributed by atoms with E-state index >= 15 is 0 Å². The van der Waals surface area contributed by atoms with Crippen LogP contribution in [-0.4, -0.2) is 20.9 Å². The lowest BCUT2D eigenvalue weighted by Crippen LogP contribution is -2.35. The van der Waals surface area contributed by atoms with Crippen molar-refractivity contribution < 1.29 is 13.2 Å². The molecule has 3 aromatic carbocycles. The van der Waals surface area contributed by atoms with E-state index in [0.29, 0.717) is 23.5 Å². The Morgan fingerprint density at radius 1 is 0.933 bits per heavy atom. The maximum absolute atomic E-state index is 13.1. The van der Waals surface area contributed by atoms with Gasteiger partial charge in [0.2, 0.25) is 0 Å². The summed E-state index contributed by atoms with van der Waals surface area (Å²) in [7, 11) is -3.62. The topological polar surface area (TPSA) is 66.5 Å². The summed E-state index contributed by atoms with van der Waals surface area (Å²) in [5.41, 5.74) is 5.06. The highest BCUT2D eigenvalue weighted by atomic mass is 32.2. The molecule has 0 spiro atoms. The van der Waals surface area contributed by atoms with Gasteiger partial charge in [0.05, 0.1) is 10.6 Å². The molecule has 30 heavy (non-hydrogen) atoms. The van der Waals surface area contributed by atoms with Gasteiger partial charge in [0.25, 0.3) is 15.9 Å². The van der Waals surface area contributed by atoms with Crippen LogP contribution in [0.1, 0.15) is 33.5 Å². The van der Waals surface area contributed by atoms with Crippen LogP contribution in [0, 0.1) is 13.8 Å². The molecule has 0 fully saturated rings. The minimum Gasteiger partial charge on any atom is -0.322 e. The minimum atomic E-state index is -3.62. The van der Waals surface area contributed by atoms with Gasteiger partial charge in [-0.05, 0) is 85.8 Å². The molecule has 1 N–H and O–H groups in total. The summed E-state index contributed by atoms with van der Waals surface area (Å²) in [5, 5.41) is 2.93. The second-order valence-corrected chi connectivity index (χ2v) is 9.45. The van der Waals surface area contributed by atoms with Crippen LogP contribution < -0.4 is 9.62 Å². The Morgan fingerprint density at radius 2 is 1.70 bits per heavy atom. The van der Waals surface area contributed by atoms with Gasteiger partial charge in [0, 0.05) is 17.8 Å². The summed E-state index contributed by atoms with van der Waals surface area (Å²) in [6.45, 7) is 4.43. The molecule has 0 saturated carbocycles. The molecule has 1 amide bonds. The normalized spacial score (nSPS) is 13.6. The Labute approximate surface area is 177 Å². The van der Waals surface area contributed by atoms with Crippen molar-refractivity contribution in [3.63, 3.8) is 0 Å². The van der Waals surface area contributed by atoms with Crippen LogP contribution in [0.5, 0.6) is 0 Å². The van der Waals surface area contributed by atoms with Crippen LogP contribution in [0.4, 0.5) is 11.4 Å². The lowest BCUT2D eigenvalue weighted by molar-refractivity contribution is 0.102. The Hall–Kier alpha value is -3.12. The number of anilines is 2. The van der Waals surface area contributed by atoms with Gasteiger partial charge in [-0.25, -0.2) is 8.42 Å². The molecule has 1 heterocycles. The first-order valence-electron chi connectivity index (χ1n) is 9.95. The molecule has 0 radical (unpaired) electrons. The van der Waals surface area contributed by atoms with E-state index in [1.54, 1.807) is 42.5 Å². The molecule has 3 aromatic rings. The number of carbonyl (C=O) groups excluding carboxylic acids is 1. The largest absolute Gasteiger partial charge is 0.322 e. The summed E-state index contributed by atoms with van der Waals surface area (Å²) in [6.07, 6.45) is 1.50. The van der Waals surface area contributed by atoms with E-state index in [2.05, 4.69) is 5.32 Å². The highest BCUT2D eigenvalue weighted by molar-refractivity contribution is 7.92. The molecule has 6 heteroatoms. The Balaban J connectivity index is 1.60. The second kappa shape index (κ2) is 7.95. The molecule has 0 unspecified atom stereocenters. The summed E-state index contributed by atoms with van der Waals surface area (Å²) < 4.78 is 27.7. The first-order valence-corrected chi connectivity index (χ1v) is 11.4. The van der Waals surface area contributed by atoms with Crippen molar-refractivity contribution in [3.05, 3.63) is 89.0 Å². The van der Waals surface area contributed by atoms with Crippen LogP contribution >= 0.6 is 0 Å². The van der Waals surface area contributed by atoms with Crippen molar-refractivity contribution in [1.82, 2.24) is 0 Å². The molecule has 0 bridgehead atoms. The van der Waals surface area contributed by atoms with Gasteiger partial charge in [-0.1, -0.05) is 24.3 Å². The molecule has 0 saturated heterocycles. The van der Waals surface area contributed by atoms with E-state index in [9.17, 15) is 13.2 Å². The van der Waals surface area contributed by atoms with Gasteiger partial charge >= 0.3 is 0 Å². The highest BCUT2D eigenvalue weighted by Crippen LogP contribution is 2.33. The number of hydrogen-bond donors (Lipinski definition) is 1. The van der Waals surface area contributed by atoms with Gasteiger partial charge in [-0.2, -0.15) is 0 Å². The lowest BCUT2D eigenvalue weighted by atomic mass is 10.0. The number of carbonyl (C=O) groups is 1. The van der Waals surface area contributed by atoms with Gasteiger partial charge in [0.15, 0.2) is 0 Å². The average molecular weight is 421 g/mol. The number of sulfonamides is 1. The zero-order valence-electron chi connectivity index (χ0n) is 17.1. The Kier molecular flexibility index (Phi) is 5.35. The highest BCUT2D eigenvalue weighted by Gasteiger charge is 2.29. The van der Waals surface area contributed by atoms with Crippen molar-refractivity contribution >= 4 is 27.3 Å². The van der Waals surface area contributed by atoms with Crippen molar-refractivity contribution in [3.8, 4) is 0 Å². The van der Waals surface area contributed by atoms with E-state index in [-0.39, 0.29) is 10.8 Å². The Morgan fingerprint density at radius 3 is 2.43 bits per heavy atom. The third-order valence-electron chi connectivity index (χ3n) is 5.51. The third kappa shape index (κ3) is 3.83. The fraction of sp³-hybridized carbons (Fsp3) is 0.208. The van der Waals surface area contributed by atoms with Crippen LogP contribution in [-0.2, 0) is 16.4 Å². The molecule has 0 aliphatic carbocycles. The summed E-state index contributed by atoms with van der Waals surface area (Å²) >= 11 is 0. The van der Waals surface area contributed by atoms with Crippen LogP contribution in [0.25, 0.3) is 0 Å². The van der Waals surface area contributed by atoms with Crippen molar-refractivity contribution in [2.75, 3.05) is 16.2 Å². The predicted molar refractivity (Wildman–Crippen MR) is 120 cm³/mol. The number of nitrogens with one attached hydrogen (secondary N) is 1. The number of amides is 1. The van der Waals surface area contributed by atoms with Crippen molar-refractivity contribution in [2.45, 2.75) is 31.6 Å². The summed E-state index contributed by atoms with van der Waals surface area (Å²) in [5.74, 6) is -0.178. The molecular weight excluding hydrogens is 396 g/mol. The smallest absolute Gasteiger partial charge is 0.264 e. The van der Waals surface area contributed by atoms with E-state index in [1.165, 1.54) is 4.31 Å². The van der Waals surface area contributed by atoms with Gasteiger partial charge in [-0.15, -0.1) is 0 Å². The molecule has 1 aliphatic heterocycles. The Bertz CT molecular complexity index is 1200. The number of benzene rings is 3. The molecule has 0 atom stereocenters. The second-order valence-electron chi connectivity index (χ2n) is 7.59. The van der Waals surface area contributed by atoms with Gasteiger partial charge in [-0.3, -0.25) is 9.10 Å². The fourth-order valence-electron chi connectivity index (χ4n) is 3.70. The van der Waals surface area contributed by atoms with Gasteiger partial charge in [0.1, 0.15) is 0 Å². The van der Waals surface area contributed by atoms with Crippen LogP contribution in [0.15, 0.2) is 71.6 Å². The first kappa shape index (κ1) is 20.2. The van der Waals surface area contributed by atoms with Crippen molar-refractivity contribution in [2.24, 2.45) is 0 Å². The molecular formula is C24H24N2O3S. The van der Waals surface area contributed by atoms with Crippen LogP contribution in [0.2, 0.25) is 0 Å². The number of rotatable bonds is 4. The van der Waals surface area contributed by atoms with E-state index in [4.69, 9.17) is 0 Å². The molecule has 0 aromatic heterocycles. The predicted octanol–water partition coefficient (Wildman–Crippen LogP) is 4.70. The third-order valence-corrected chi connectivity index (χ3v) is 7.34. The number of aryl methyl sites for hydroxylation is 3.